The van der Waals surface area contributed by atoms with Gasteiger partial charge in [-0.15, -0.1) is 0 Å². The van der Waals surface area contributed by atoms with Gasteiger partial charge in [-0.05, 0) is 92.3 Å². The molecule has 4 heteroatoms. The first kappa shape index (κ1) is 27.6. The van der Waals surface area contributed by atoms with Gasteiger partial charge in [-0.3, -0.25) is 9.78 Å². The Morgan fingerprint density at radius 2 is 1.66 bits per heavy atom. The number of ether oxygens (including phenoxy) is 1. The number of pyridine rings is 1. The SMILES string of the molecule is CCC(CC)(c1ccc(C#CC2(O)CCCC2)c(C)c1)c1ccc(-c2ccc(CC(=O)OC)nc2)c(C)c1. The van der Waals surface area contributed by atoms with Gasteiger partial charge in [-0.1, -0.05) is 62.1 Å². The molecule has 0 aliphatic heterocycles. The lowest BCUT2D eigenvalue weighted by Crippen LogP contribution is -2.26. The molecule has 4 nitrogen and oxygen atoms in total. The molecule has 4 rings (SSSR count). The molecule has 0 atom stereocenters. The van der Waals surface area contributed by atoms with Gasteiger partial charge in [0, 0.05) is 22.7 Å². The number of rotatable bonds is 7. The van der Waals surface area contributed by atoms with Gasteiger partial charge in [0.05, 0.1) is 19.2 Å². The Kier molecular flexibility index (Phi) is 8.38. The molecular formula is C34H39NO3. The van der Waals surface area contributed by atoms with Crippen molar-refractivity contribution in [2.24, 2.45) is 0 Å². The highest BCUT2D eigenvalue weighted by Crippen LogP contribution is 2.41. The van der Waals surface area contributed by atoms with Crippen molar-refractivity contribution < 1.29 is 14.6 Å². The molecule has 2 aromatic carbocycles. The monoisotopic (exact) mass is 509 g/mol. The van der Waals surface area contributed by atoms with Crippen LogP contribution in [-0.4, -0.2) is 28.8 Å². The van der Waals surface area contributed by atoms with Crippen molar-refractivity contribution in [3.8, 4) is 23.0 Å². The van der Waals surface area contributed by atoms with Crippen LogP contribution in [0.2, 0.25) is 0 Å². The number of aliphatic hydroxyl groups is 1. The highest BCUT2D eigenvalue weighted by Gasteiger charge is 2.32. The van der Waals surface area contributed by atoms with E-state index in [2.05, 4.69) is 80.9 Å². The lowest BCUT2D eigenvalue weighted by Gasteiger charge is -2.34. The number of aromatic nitrogens is 1. The van der Waals surface area contributed by atoms with E-state index < -0.39 is 5.60 Å². The molecule has 0 spiro atoms. The van der Waals surface area contributed by atoms with Crippen LogP contribution in [0.5, 0.6) is 0 Å². The van der Waals surface area contributed by atoms with E-state index in [1.54, 1.807) is 0 Å². The zero-order chi connectivity index (χ0) is 27.3. The van der Waals surface area contributed by atoms with Gasteiger partial charge in [-0.2, -0.15) is 0 Å². The Morgan fingerprint density at radius 3 is 2.21 bits per heavy atom. The van der Waals surface area contributed by atoms with Crippen molar-refractivity contribution in [1.29, 1.82) is 0 Å². The first-order valence-corrected chi connectivity index (χ1v) is 13.7. The van der Waals surface area contributed by atoms with E-state index in [1.165, 1.54) is 23.8 Å². The summed E-state index contributed by atoms with van der Waals surface area (Å²) in [7, 11) is 1.39. The number of carbonyl (C=O) groups excluding carboxylic acids is 1. The van der Waals surface area contributed by atoms with Crippen LogP contribution in [0.3, 0.4) is 0 Å². The number of hydrogen-bond donors (Lipinski definition) is 1. The van der Waals surface area contributed by atoms with Crippen LogP contribution in [0.1, 0.15) is 85.9 Å². The fourth-order valence-corrected chi connectivity index (χ4v) is 5.80. The zero-order valence-corrected chi connectivity index (χ0v) is 23.4. The maximum atomic E-state index is 11.6. The van der Waals surface area contributed by atoms with Crippen molar-refractivity contribution in [2.45, 2.75) is 83.7 Å². The Labute approximate surface area is 227 Å². The molecule has 1 aliphatic rings. The van der Waals surface area contributed by atoms with E-state index in [1.807, 2.05) is 18.3 Å². The first-order chi connectivity index (χ1) is 18.2. The summed E-state index contributed by atoms with van der Waals surface area (Å²) in [6.07, 6.45) is 7.62. The average Bonchev–Trinajstić information content (AvgIpc) is 3.36. The number of benzene rings is 2. The molecule has 0 radical (unpaired) electrons. The normalized spacial score (nSPS) is 14.6. The number of methoxy groups -OCH3 is 1. The third-order valence-electron chi connectivity index (χ3n) is 8.31. The number of aryl methyl sites for hydroxylation is 2. The largest absolute Gasteiger partial charge is 0.469 e. The Bertz CT molecular complexity index is 1350. The minimum Gasteiger partial charge on any atom is -0.469 e. The number of esters is 1. The molecule has 0 saturated heterocycles. The Morgan fingerprint density at radius 1 is 1.00 bits per heavy atom. The molecular weight excluding hydrogens is 470 g/mol. The lowest BCUT2D eigenvalue weighted by atomic mass is 9.69. The third kappa shape index (κ3) is 5.69. The van der Waals surface area contributed by atoms with Crippen LogP contribution in [-0.2, 0) is 21.4 Å². The number of nitrogens with zero attached hydrogens (tertiary/aromatic N) is 1. The maximum absolute atomic E-state index is 11.6. The molecule has 0 amide bonds. The topological polar surface area (TPSA) is 59.4 Å². The standard InChI is InChI=1S/C34H39NO3/c1-6-34(7-2,28-12-10-26(24(3)20-28)16-19-33(37)17-8-9-18-33)29-13-15-31(25(4)21-29)27-11-14-30(35-23-27)22-32(36)38-5/h10-15,20-21,23,37H,6-9,17-18,22H2,1-5H3. The highest BCUT2D eigenvalue weighted by atomic mass is 16.5. The first-order valence-electron chi connectivity index (χ1n) is 13.7. The molecule has 3 aromatic rings. The third-order valence-corrected chi connectivity index (χ3v) is 8.31. The minimum atomic E-state index is -0.821. The second-order valence-corrected chi connectivity index (χ2v) is 10.6. The van der Waals surface area contributed by atoms with E-state index >= 15 is 0 Å². The summed E-state index contributed by atoms with van der Waals surface area (Å²) in [6.45, 7) is 8.78. The summed E-state index contributed by atoms with van der Waals surface area (Å²) in [5.74, 6) is 6.14. The predicted octanol–water partition coefficient (Wildman–Crippen LogP) is 6.84. The number of carbonyl (C=O) groups is 1. The fraction of sp³-hybridized carbons (Fsp3) is 0.412. The van der Waals surface area contributed by atoms with Gasteiger partial charge in [0.1, 0.15) is 5.60 Å². The molecule has 1 fully saturated rings. The average molecular weight is 510 g/mol. The quantitative estimate of drug-likeness (QED) is 0.280. The van der Waals surface area contributed by atoms with E-state index in [0.717, 1.165) is 60.8 Å². The Balaban J connectivity index is 1.63. The van der Waals surface area contributed by atoms with E-state index in [-0.39, 0.29) is 17.8 Å². The molecule has 1 aliphatic carbocycles. The Hall–Kier alpha value is -3.42. The fourth-order valence-electron chi connectivity index (χ4n) is 5.80. The van der Waals surface area contributed by atoms with Gasteiger partial charge in [0.25, 0.3) is 0 Å². The van der Waals surface area contributed by atoms with Crippen molar-refractivity contribution >= 4 is 5.97 Å². The van der Waals surface area contributed by atoms with Crippen molar-refractivity contribution in [3.63, 3.8) is 0 Å². The van der Waals surface area contributed by atoms with Gasteiger partial charge >= 0.3 is 5.97 Å². The molecule has 0 unspecified atom stereocenters. The van der Waals surface area contributed by atoms with Gasteiger partial charge in [0.15, 0.2) is 0 Å². The van der Waals surface area contributed by atoms with Crippen molar-refractivity contribution in [3.05, 3.63) is 88.2 Å². The van der Waals surface area contributed by atoms with Crippen molar-refractivity contribution in [2.75, 3.05) is 7.11 Å². The van der Waals surface area contributed by atoms with Crippen LogP contribution in [0.15, 0.2) is 54.7 Å². The molecule has 1 saturated carbocycles. The van der Waals surface area contributed by atoms with Crippen LogP contribution >= 0.6 is 0 Å². The summed E-state index contributed by atoms with van der Waals surface area (Å²) in [5.41, 5.74) is 7.88. The van der Waals surface area contributed by atoms with Crippen LogP contribution in [0.4, 0.5) is 0 Å². The molecule has 1 N–H and O–H groups in total. The second-order valence-electron chi connectivity index (χ2n) is 10.6. The second kappa shape index (κ2) is 11.5. The summed E-state index contributed by atoms with van der Waals surface area (Å²) in [4.78, 5) is 16.0. The summed E-state index contributed by atoms with van der Waals surface area (Å²) >= 11 is 0. The smallest absolute Gasteiger partial charge is 0.311 e. The van der Waals surface area contributed by atoms with E-state index in [9.17, 15) is 9.90 Å². The summed E-state index contributed by atoms with van der Waals surface area (Å²) in [6, 6.07) is 17.3. The molecule has 198 valence electrons. The summed E-state index contributed by atoms with van der Waals surface area (Å²) in [5, 5.41) is 10.6. The van der Waals surface area contributed by atoms with E-state index in [4.69, 9.17) is 4.74 Å². The van der Waals surface area contributed by atoms with Crippen LogP contribution in [0, 0.1) is 25.7 Å². The molecule has 1 aromatic heterocycles. The highest BCUT2D eigenvalue weighted by molar-refractivity contribution is 5.72. The molecule has 0 bridgehead atoms. The molecule has 38 heavy (non-hydrogen) atoms. The predicted molar refractivity (Wildman–Crippen MR) is 153 cm³/mol. The lowest BCUT2D eigenvalue weighted by molar-refractivity contribution is -0.139. The molecule has 1 heterocycles. The number of hydrogen-bond acceptors (Lipinski definition) is 4. The van der Waals surface area contributed by atoms with Gasteiger partial charge < -0.3 is 9.84 Å². The van der Waals surface area contributed by atoms with Crippen molar-refractivity contribution in [1.82, 2.24) is 4.98 Å². The zero-order valence-electron chi connectivity index (χ0n) is 23.4. The maximum Gasteiger partial charge on any atom is 0.311 e. The van der Waals surface area contributed by atoms with Crippen LogP contribution in [0.25, 0.3) is 11.1 Å². The van der Waals surface area contributed by atoms with Crippen LogP contribution < -0.4 is 0 Å². The minimum absolute atomic E-state index is 0.105. The summed E-state index contributed by atoms with van der Waals surface area (Å²) < 4.78 is 4.75. The van der Waals surface area contributed by atoms with E-state index in [0.29, 0.717) is 5.69 Å². The van der Waals surface area contributed by atoms with Gasteiger partial charge in [-0.25, -0.2) is 0 Å². The van der Waals surface area contributed by atoms with Gasteiger partial charge in [0.2, 0.25) is 0 Å².